The second-order valence-corrected chi connectivity index (χ2v) is 4.15. The summed E-state index contributed by atoms with van der Waals surface area (Å²) in [5.74, 6) is 0.724. The number of aromatic nitrogens is 1. The molecule has 1 aromatic rings. The van der Waals surface area contributed by atoms with Crippen molar-refractivity contribution in [2.24, 2.45) is 0 Å². The number of hydrogen-bond donors (Lipinski definition) is 2. The van der Waals surface area contributed by atoms with Gasteiger partial charge in [-0.25, -0.2) is 4.98 Å². The average Bonchev–Trinajstić information content (AvgIpc) is 2.65. The number of pyridine rings is 1. The van der Waals surface area contributed by atoms with E-state index in [0.29, 0.717) is 10.7 Å². The van der Waals surface area contributed by atoms with Crippen molar-refractivity contribution in [3.05, 3.63) is 17.3 Å². The molecule has 0 spiro atoms. The maximum atomic E-state index is 9.21. The highest BCUT2D eigenvalue weighted by Crippen LogP contribution is 2.30. The van der Waals surface area contributed by atoms with Crippen LogP contribution in [0.25, 0.3) is 0 Å². The van der Waals surface area contributed by atoms with Gasteiger partial charge in [0.25, 0.3) is 0 Å². The molecule has 3 N–H and O–H groups in total. The van der Waals surface area contributed by atoms with Gasteiger partial charge in [0.1, 0.15) is 5.82 Å². The number of anilines is 2. The fourth-order valence-electron chi connectivity index (χ4n) is 1.96. The summed E-state index contributed by atoms with van der Waals surface area (Å²) < 4.78 is 0. The van der Waals surface area contributed by atoms with Crippen LogP contribution in [0.3, 0.4) is 0 Å². The van der Waals surface area contributed by atoms with E-state index in [1.807, 2.05) is 4.90 Å². The number of nitrogens with two attached hydrogens (primary N) is 1. The standard InChI is InChI=1S/C10H14ClN3O/c11-9-4-7(12)5-13-10(9)14-3-1-2-8(14)6-15/h4-5,8,15H,1-3,6,12H2. The van der Waals surface area contributed by atoms with E-state index in [2.05, 4.69) is 4.98 Å². The summed E-state index contributed by atoms with van der Waals surface area (Å²) in [6, 6.07) is 1.83. The van der Waals surface area contributed by atoms with E-state index in [4.69, 9.17) is 17.3 Å². The van der Waals surface area contributed by atoms with Crippen molar-refractivity contribution < 1.29 is 5.11 Å². The number of hydrogen-bond acceptors (Lipinski definition) is 4. The second-order valence-electron chi connectivity index (χ2n) is 3.75. The smallest absolute Gasteiger partial charge is 0.147 e. The van der Waals surface area contributed by atoms with Crippen LogP contribution in [0, 0.1) is 0 Å². The highest BCUT2D eigenvalue weighted by Gasteiger charge is 2.26. The van der Waals surface area contributed by atoms with Crippen molar-refractivity contribution in [1.82, 2.24) is 4.98 Å². The summed E-state index contributed by atoms with van der Waals surface area (Å²) in [6.45, 7) is 1.03. The molecule has 2 rings (SSSR count). The van der Waals surface area contributed by atoms with Crippen LogP contribution in [-0.4, -0.2) is 29.3 Å². The minimum Gasteiger partial charge on any atom is -0.397 e. The zero-order valence-electron chi connectivity index (χ0n) is 8.36. The first-order valence-electron chi connectivity index (χ1n) is 5.01. The molecule has 1 aromatic heterocycles. The van der Waals surface area contributed by atoms with Gasteiger partial charge in [0.15, 0.2) is 0 Å². The average molecular weight is 228 g/mol. The van der Waals surface area contributed by atoms with E-state index in [1.165, 1.54) is 0 Å². The molecular formula is C10H14ClN3O. The Bertz CT molecular complexity index is 359. The minimum atomic E-state index is 0.138. The van der Waals surface area contributed by atoms with E-state index in [-0.39, 0.29) is 12.6 Å². The number of nitrogens with zero attached hydrogens (tertiary/aromatic N) is 2. The SMILES string of the molecule is Nc1cnc(N2CCCC2CO)c(Cl)c1. The van der Waals surface area contributed by atoms with Crippen LogP contribution >= 0.6 is 11.6 Å². The van der Waals surface area contributed by atoms with E-state index >= 15 is 0 Å². The monoisotopic (exact) mass is 227 g/mol. The first-order chi connectivity index (χ1) is 7.22. The maximum Gasteiger partial charge on any atom is 0.147 e. The van der Waals surface area contributed by atoms with Crippen LogP contribution in [0.15, 0.2) is 12.3 Å². The molecule has 15 heavy (non-hydrogen) atoms. The van der Waals surface area contributed by atoms with Gasteiger partial charge in [-0.2, -0.15) is 0 Å². The fraction of sp³-hybridized carbons (Fsp3) is 0.500. The summed E-state index contributed by atoms with van der Waals surface area (Å²) >= 11 is 6.07. The topological polar surface area (TPSA) is 62.4 Å². The first-order valence-corrected chi connectivity index (χ1v) is 5.38. The molecule has 0 saturated carbocycles. The van der Waals surface area contributed by atoms with Crippen LogP contribution in [0.1, 0.15) is 12.8 Å². The third-order valence-corrected chi connectivity index (χ3v) is 2.98. The molecule has 5 heteroatoms. The molecular weight excluding hydrogens is 214 g/mol. The molecule has 1 aliphatic rings. The van der Waals surface area contributed by atoms with Crippen LogP contribution in [0.5, 0.6) is 0 Å². The van der Waals surface area contributed by atoms with Crippen LogP contribution in [-0.2, 0) is 0 Å². The van der Waals surface area contributed by atoms with Gasteiger partial charge < -0.3 is 15.7 Å². The maximum absolute atomic E-state index is 9.21. The molecule has 4 nitrogen and oxygen atoms in total. The molecule has 1 saturated heterocycles. The molecule has 0 radical (unpaired) electrons. The van der Waals surface area contributed by atoms with Gasteiger partial charge in [0.2, 0.25) is 0 Å². The van der Waals surface area contributed by atoms with Crippen molar-refractivity contribution in [2.75, 3.05) is 23.8 Å². The van der Waals surface area contributed by atoms with Gasteiger partial charge in [-0.1, -0.05) is 11.6 Å². The van der Waals surface area contributed by atoms with E-state index in [0.717, 1.165) is 25.2 Å². The van der Waals surface area contributed by atoms with E-state index < -0.39 is 0 Å². The quantitative estimate of drug-likeness (QED) is 0.799. The van der Waals surface area contributed by atoms with Crippen molar-refractivity contribution in [3.63, 3.8) is 0 Å². The number of nitrogen functional groups attached to an aromatic ring is 1. The van der Waals surface area contributed by atoms with Gasteiger partial charge in [0, 0.05) is 6.54 Å². The fourth-order valence-corrected chi connectivity index (χ4v) is 2.24. The Morgan fingerprint density at radius 1 is 1.67 bits per heavy atom. The predicted octanol–water partition coefficient (Wildman–Crippen LogP) is 1.28. The third-order valence-electron chi connectivity index (χ3n) is 2.70. The number of aliphatic hydroxyl groups excluding tert-OH is 1. The molecule has 1 aliphatic heterocycles. The normalized spacial score (nSPS) is 20.9. The summed E-state index contributed by atoms with van der Waals surface area (Å²) in [6.07, 6.45) is 3.64. The van der Waals surface area contributed by atoms with Crippen molar-refractivity contribution in [3.8, 4) is 0 Å². The second kappa shape index (κ2) is 4.24. The molecule has 1 fully saturated rings. The van der Waals surface area contributed by atoms with Gasteiger partial charge in [0.05, 0.1) is 29.6 Å². The number of aliphatic hydroxyl groups is 1. The van der Waals surface area contributed by atoms with Gasteiger partial charge >= 0.3 is 0 Å². The molecule has 0 amide bonds. The molecule has 1 atom stereocenters. The Balaban J connectivity index is 2.28. The molecule has 82 valence electrons. The lowest BCUT2D eigenvalue weighted by atomic mass is 10.2. The summed E-state index contributed by atoms with van der Waals surface area (Å²) in [5, 5.41) is 9.76. The van der Waals surface area contributed by atoms with E-state index in [9.17, 15) is 5.11 Å². The molecule has 2 heterocycles. The minimum absolute atomic E-state index is 0.138. The summed E-state index contributed by atoms with van der Waals surface area (Å²) in [4.78, 5) is 6.26. The zero-order chi connectivity index (χ0) is 10.8. The van der Waals surface area contributed by atoms with Crippen LogP contribution in [0.2, 0.25) is 5.02 Å². The lowest BCUT2D eigenvalue weighted by Gasteiger charge is -2.24. The zero-order valence-corrected chi connectivity index (χ0v) is 9.11. The van der Waals surface area contributed by atoms with Crippen molar-refractivity contribution in [1.29, 1.82) is 0 Å². The Labute approximate surface area is 93.7 Å². The highest BCUT2D eigenvalue weighted by atomic mass is 35.5. The lowest BCUT2D eigenvalue weighted by molar-refractivity contribution is 0.266. The number of rotatable bonds is 2. The summed E-state index contributed by atoms with van der Waals surface area (Å²) in [5.41, 5.74) is 6.14. The van der Waals surface area contributed by atoms with Crippen molar-refractivity contribution >= 4 is 23.1 Å². The molecule has 1 unspecified atom stereocenters. The number of halogens is 1. The molecule has 0 aromatic carbocycles. The largest absolute Gasteiger partial charge is 0.397 e. The molecule has 0 aliphatic carbocycles. The van der Waals surface area contributed by atoms with Crippen molar-refractivity contribution in [2.45, 2.75) is 18.9 Å². The van der Waals surface area contributed by atoms with Gasteiger partial charge in [-0.05, 0) is 18.9 Å². The van der Waals surface area contributed by atoms with Crippen LogP contribution < -0.4 is 10.6 Å². The lowest BCUT2D eigenvalue weighted by Crippen LogP contribution is -2.32. The first kappa shape index (κ1) is 10.5. The predicted molar refractivity (Wildman–Crippen MR) is 61.1 cm³/mol. The molecule has 0 bridgehead atoms. The van der Waals surface area contributed by atoms with E-state index in [1.54, 1.807) is 12.3 Å². The Morgan fingerprint density at radius 3 is 3.13 bits per heavy atom. The highest BCUT2D eigenvalue weighted by molar-refractivity contribution is 6.33. The van der Waals surface area contributed by atoms with Crippen LogP contribution in [0.4, 0.5) is 11.5 Å². The third kappa shape index (κ3) is 2.01. The Hall–Kier alpha value is -1.00. The Morgan fingerprint density at radius 2 is 2.47 bits per heavy atom. The Kier molecular flexibility index (Phi) is 2.98. The van der Waals surface area contributed by atoms with Gasteiger partial charge in [-0.3, -0.25) is 0 Å². The van der Waals surface area contributed by atoms with Gasteiger partial charge in [-0.15, -0.1) is 0 Å². The summed E-state index contributed by atoms with van der Waals surface area (Å²) in [7, 11) is 0.